The van der Waals surface area contributed by atoms with Crippen molar-refractivity contribution in [3.8, 4) is 6.07 Å². The van der Waals surface area contributed by atoms with E-state index in [2.05, 4.69) is 45.4 Å². The lowest BCUT2D eigenvalue weighted by Gasteiger charge is -2.30. The molecule has 0 saturated heterocycles. The summed E-state index contributed by atoms with van der Waals surface area (Å²) in [5, 5.41) is 9.60. The van der Waals surface area contributed by atoms with Crippen LogP contribution in [0, 0.1) is 11.3 Å². The van der Waals surface area contributed by atoms with Crippen LogP contribution in [0.15, 0.2) is 36.4 Å². The lowest BCUT2D eigenvalue weighted by atomic mass is 10.1. The summed E-state index contributed by atoms with van der Waals surface area (Å²) < 4.78 is 12.3. The van der Waals surface area contributed by atoms with Crippen molar-refractivity contribution in [2.75, 3.05) is 0 Å². The number of hydrogen-bond acceptors (Lipinski definition) is 3. The summed E-state index contributed by atoms with van der Waals surface area (Å²) in [6.07, 6.45) is 1.83. The van der Waals surface area contributed by atoms with Gasteiger partial charge in [-0.2, -0.15) is 5.26 Å². The molecule has 1 rings (SSSR count). The van der Waals surface area contributed by atoms with Gasteiger partial charge >= 0.3 is 0 Å². The molecule has 0 N–H and O–H groups in total. The molecule has 0 saturated carbocycles. The third-order valence-electron chi connectivity index (χ3n) is 2.62. The minimum Gasteiger partial charge on any atom is -0.544 e. The fourth-order valence-corrected chi connectivity index (χ4v) is 4.29. The van der Waals surface area contributed by atoms with E-state index in [1.54, 1.807) is 0 Å². The summed E-state index contributed by atoms with van der Waals surface area (Å²) in [5.74, 6) is 0.738. The number of nitriles is 1. The highest BCUT2D eigenvalue weighted by atomic mass is 28.4. The van der Waals surface area contributed by atoms with Crippen LogP contribution in [0.3, 0.4) is 0 Å². The number of nitrogens with zero attached hydrogens (tertiary/aromatic N) is 1. The molecule has 120 valence electrons. The second-order valence-electron chi connectivity index (χ2n) is 7.52. The van der Waals surface area contributed by atoms with Crippen LogP contribution in [0.1, 0.15) is 12.5 Å². The van der Waals surface area contributed by atoms with E-state index in [1.165, 1.54) is 0 Å². The minimum atomic E-state index is -1.85. The van der Waals surface area contributed by atoms with Gasteiger partial charge in [0.15, 0.2) is 13.9 Å². The zero-order chi connectivity index (χ0) is 17.0. The SMILES string of the molecule is CC(C#N)(/C=C(/O[Si](C)(C)C)c1ccccc1)O[Si](C)(C)C. The second-order valence-corrected chi connectivity index (χ2v) is 16.4. The molecule has 0 spiro atoms. The molecule has 0 aliphatic heterocycles. The van der Waals surface area contributed by atoms with Gasteiger partial charge in [0, 0.05) is 11.6 Å². The summed E-state index contributed by atoms with van der Waals surface area (Å²) in [7, 11) is -3.65. The molecule has 0 bridgehead atoms. The van der Waals surface area contributed by atoms with Crippen LogP contribution in [-0.4, -0.2) is 22.2 Å². The van der Waals surface area contributed by atoms with Crippen LogP contribution in [0.2, 0.25) is 39.3 Å². The Morgan fingerprint density at radius 3 is 2.00 bits per heavy atom. The van der Waals surface area contributed by atoms with Crippen molar-refractivity contribution in [3.63, 3.8) is 0 Å². The fraction of sp³-hybridized carbons (Fsp3) is 0.471. The largest absolute Gasteiger partial charge is 0.544 e. The maximum absolute atomic E-state index is 9.60. The van der Waals surface area contributed by atoms with Gasteiger partial charge in [0.25, 0.3) is 0 Å². The molecule has 5 heteroatoms. The van der Waals surface area contributed by atoms with Crippen LogP contribution in [-0.2, 0) is 8.85 Å². The molecule has 0 amide bonds. The Bertz CT molecular complexity index is 565. The Hall–Kier alpha value is -1.36. The summed E-state index contributed by atoms with van der Waals surface area (Å²) in [6.45, 7) is 14.4. The standard InChI is InChI=1S/C17H27NO2Si2/c1-17(14-18,20-22(5,6)7)13-16(19-21(2,3)4)15-11-9-8-10-12-15/h8-13H,1-7H3/b16-13+. The number of hydrogen-bond donors (Lipinski definition) is 0. The van der Waals surface area contributed by atoms with Crippen LogP contribution in [0.4, 0.5) is 0 Å². The van der Waals surface area contributed by atoms with E-state index in [0.29, 0.717) is 0 Å². The van der Waals surface area contributed by atoms with Crippen LogP contribution in [0.5, 0.6) is 0 Å². The predicted molar refractivity (Wildman–Crippen MR) is 97.3 cm³/mol. The van der Waals surface area contributed by atoms with Crippen LogP contribution < -0.4 is 0 Å². The summed E-state index contributed by atoms with van der Waals surface area (Å²) in [6, 6.07) is 12.2. The number of rotatable bonds is 6. The average molecular weight is 334 g/mol. The van der Waals surface area contributed by atoms with Crippen molar-refractivity contribution >= 4 is 22.4 Å². The Balaban J connectivity index is 3.28. The van der Waals surface area contributed by atoms with Crippen molar-refractivity contribution in [1.29, 1.82) is 5.26 Å². The third-order valence-corrected chi connectivity index (χ3v) is 4.49. The van der Waals surface area contributed by atoms with Crippen LogP contribution in [0.25, 0.3) is 5.76 Å². The summed E-state index contributed by atoms with van der Waals surface area (Å²) in [5.41, 5.74) is 0.000497. The van der Waals surface area contributed by atoms with Crippen molar-refractivity contribution in [2.24, 2.45) is 0 Å². The highest BCUT2D eigenvalue weighted by Crippen LogP contribution is 2.27. The first kappa shape index (κ1) is 18.7. The monoisotopic (exact) mass is 333 g/mol. The van der Waals surface area contributed by atoms with Gasteiger partial charge in [0.2, 0.25) is 8.32 Å². The molecule has 1 aromatic carbocycles. The van der Waals surface area contributed by atoms with E-state index in [4.69, 9.17) is 8.85 Å². The van der Waals surface area contributed by atoms with Gasteiger partial charge in [-0.05, 0) is 46.2 Å². The normalized spacial score (nSPS) is 15.8. The van der Waals surface area contributed by atoms with Gasteiger partial charge in [0.1, 0.15) is 11.8 Å². The third kappa shape index (κ3) is 6.60. The Morgan fingerprint density at radius 1 is 1.05 bits per heavy atom. The zero-order valence-corrected chi connectivity index (χ0v) is 16.7. The quantitative estimate of drug-likeness (QED) is 0.542. The summed E-state index contributed by atoms with van der Waals surface area (Å²) >= 11 is 0. The van der Waals surface area contributed by atoms with Gasteiger partial charge in [-0.15, -0.1) is 0 Å². The van der Waals surface area contributed by atoms with E-state index in [-0.39, 0.29) is 0 Å². The van der Waals surface area contributed by atoms with Gasteiger partial charge in [-0.1, -0.05) is 30.3 Å². The number of benzene rings is 1. The average Bonchev–Trinajstić information content (AvgIpc) is 2.35. The van der Waals surface area contributed by atoms with Crippen molar-refractivity contribution < 1.29 is 8.85 Å². The first-order valence-electron chi connectivity index (χ1n) is 7.53. The van der Waals surface area contributed by atoms with Crippen molar-refractivity contribution in [2.45, 2.75) is 51.8 Å². The summed E-state index contributed by atoms with van der Waals surface area (Å²) in [4.78, 5) is 0. The van der Waals surface area contributed by atoms with Gasteiger partial charge in [-0.3, -0.25) is 0 Å². The molecule has 0 aromatic heterocycles. The first-order valence-corrected chi connectivity index (χ1v) is 14.3. The van der Waals surface area contributed by atoms with E-state index < -0.39 is 22.2 Å². The smallest absolute Gasteiger partial charge is 0.242 e. The topological polar surface area (TPSA) is 42.2 Å². The van der Waals surface area contributed by atoms with E-state index >= 15 is 0 Å². The maximum Gasteiger partial charge on any atom is 0.242 e. The van der Waals surface area contributed by atoms with Gasteiger partial charge in [-0.25, -0.2) is 0 Å². The molecule has 0 aliphatic carbocycles. The molecular formula is C17H27NO2Si2. The van der Waals surface area contributed by atoms with E-state index in [0.717, 1.165) is 11.3 Å². The second kappa shape index (κ2) is 6.82. The molecule has 0 radical (unpaired) electrons. The molecule has 0 heterocycles. The lowest BCUT2D eigenvalue weighted by molar-refractivity contribution is 0.191. The van der Waals surface area contributed by atoms with Crippen LogP contribution >= 0.6 is 0 Å². The van der Waals surface area contributed by atoms with E-state index in [1.807, 2.05) is 43.3 Å². The highest BCUT2D eigenvalue weighted by molar-refractivity contribution is 6.70. The van der Waals surface area contributed by atoms with E-state index in [9.17, 15) is 5.26 Å². The van der Waals surface area contributed by atoms with Crippen molar-refractivity contribution in [1.82, 2.24) is 0 Å². The molecule has 1 atom stereocenters. The Labute approximate surface area is 136 Å². The minimum absolute atomic E-state index is 0.738. The zero-order valence-electron chi connectivity index (χ0n) is 14.7. The lowest BCUT2D eigenvalue weighted by Crippen LogP contribution is -2.38. The first-order chi connectivity index (χ1) is 9.94. The molecule has 1 unspecified atom stereocenters. The Kier molecular flexibility index (Phi) is 5.79. The van der Waals surface area contributed by atoms with Crippen molar-refractivity contribution in [3.05, 3.63) is 42.0 Å². The predicted octanol–water partition coefficient (Wildman–Crippen LogP) is 5.01. The molecule has 3 nitrogen and oxygen atoms in total. The molecule has 1 aromatic rings. The molecule has 22 heavy (non-hydrogen) atoms. The fourth-order valence-electron chi connectivity index (χ4n) is 2.07. The highest BCUT2D eigenvalue weighted by Gasteiger charge is 2.31. The molecule has 0 fully saturated rings. The van der Waals surface area contributed by atoms with Gasteiger partial charge in [0.05, 0.1) is 0 Å². The molecule has 0 aliphatic rings. The Morgan fingerprint density at radius 2 is 1.59 bits per heavy atom. The molecular weight excluding hydrogens is 306 g/mol. The maximum atomic E-state index is 9.60. The van der Waals surface area contributed by atoms with Gasteiger partial charge < -0.3 is 8.85 Å².